The van der Waals surface area contributed by atoms with E-state index in [-0.39, 0.29) is 18.5 Å². The molecule has 2 aliphatic heterocycles. The number of rotatable bonds is 1. The van der Waals surface area contributed by atoms with Gasteiger partial charge in [-0.25, -0.2) is 4.79 Å². The van der Waals surface area contributed by atoms with Crippen LogP contribution in [-0.2, 0) is 16.1 Å². The number of cyclic esters (lactones) is 1. The number of morpholine rings is 1. The average Bonchev–Trinajstić information content (AvgIpc) is 2.80. The highest BCUT2D eigenvalue weighted by Crippen LogP contribution is 2.21. The first kappa shape index (κ1) is 11.2. The standard InChI is InChI=1S/C13H13NO4/c15-12(14-3-5-17-6-4-14)9-1-2-11-10(7-9)8-18-13(11)16/h1-2,7H,3-6,8H2. The van der Waals surface area contributed by atoms with Crippen LogP contribution < -0.4 is 0 Å². The highest BCUT2D eigenvalue weighted by Gasteiger charge is 2.24. The van der Waals surface area contributed by atoms with Crippen LogP contribution in [0.2, 0.25) is 0 Å². The van der Waals surface area contributed by atoms with Gasteiger partial charge in [0, 0.05) is 24.2 Å². The molecule has 1 aromatic carbocycles. The van der Waals surface area contributed by atoms with Gasteiger partial charge in [0.05, 0.1) is 18.8 Å². The third kappa shape index (κ3) is 1.86. The third-order valence-electron chi connectivity index (χ3n) is 3.23. The number of carbonyl (C=O) groups is 2. The number of carbonyl (C=O) groups excluding carboxylic acids is 2. The normalized spacial score (nSPS) is 18.4. The van der Waals surface area contributed by atoms with E-state index in [0.717, 1.165) is 5.56 Å². The Balaban J connectivity index is 1.84. The molecule has 3 rings (SSSR count). The SMILES string of the molecule is O=C1OCc2cc(C(=O)N3CCOCC3)ccc21. The molecule has 0 spiro atoms. The fraction of sp³-hybridized carbons (Fsp3) is 0.385. The summed E-state index contributed by atoms with van der Waals surface area (Å²) in [5.74, 6) is -0.323. The number of hydrogen-bond acceptors (Lipinski definition) is 4. The number of benzene rings is 1. The van der Waals surface area contributed by atoms with Gasteiger partial charge < -0.3 is 14.4 Å². The van der Waals surface area contributed by atoms with Gasteiger partial charge >= 0.3 is 5.97 Å². The lowest BCUT2D eigenvalue weighted by atomic mass is 10.1. The van der Waals surface area contributed by atoms with Crippen molar-refractivity contribution >= 4 is 11.9 Å². The van der Waals surface area contributed by atoms with Crippen LogP contribution in [0.25, 0.3) is 0 Å². The van der Waals surface area contributed by atoms with Crippen molar-refractivity contribution in [2.75, 3.05) is 26.3 Å². The Morgan fingerprint density at radius 3 is 2.78 bits per heavy atom. The first-order valence-corrected chi connectivity index (χ1v) is 5.93. The molecule has 5 nitrogen and oxygen atoms in total. The zero-order chi connectivity index (χ0) is 12.5. The summed E-state index contributed by atoms with van der Waals surface area (Å²) in [7, 11) is 0. The second kappa shape index (κ2) is 4.42. The zero-order valence-corrected chi connectivity index (χ0v) is 9.85. The van der Waals surface area contributed by atoms with E-state index < -0.39 is 0 Å². The predicted octanol–water partition coefficient (Wildman–Crippen LogP) is 0.829. The van der Waals surface area contributed by atoms with Crippen molar-refractivity contribution < 1.29 is 19.1 Å². The van der Waals surface area contributed by atoms with Crippen LogP contribution in [0.3, 0.4) is 0 Å². The van der Waals surface area contributed by atoms with E-state index in [2.05, 4.69) is 0 Å². The maximum absolute atomic E-state index is 12.2. The molecule has 2 aliphatic rings. The molecule has 0 radical (unpaired) electrons. The Morgan fingerprint density at radius 1 is 1.22 bits per heavy atom. The molecule has 0 aromatic heterocycles. The van der Waals surface area contributed by atoms with E-state index in [1.165, 1.54) is 0 Å². The summed E-state index contributed by atoms with van der Waals surface area (Å²) < 4.78 is 10.1. The second-order valence-electron chi connectivity index (χ2n) is 4.35. The van der Waals surface area contributed by atoms with Crippen LogP contribution >= 0.6 is 0 Å². The van der Waals surface area contributed by atoms with Gasteiger partial charge in [0.1, 0.15) is 6.61 Å². The number of nitrogens with zero attached hydrogens (tertiary/aromatic N) is 1. The van der Waals surface area contributed by atoms with Gasteiger partial charge in [-0.2, -0.15) is 0 Å². The van der Waals surface area contributed by atoms with Gasteiger partial charge in [0.2, 0.25) is 0 Å². The smallest absolute Gasteiger partial charge is 0.338 e. The Morgan fingerprint density at radius 2 is 2.00 bits per heavy atom. The zero-order valence-electron chi connectivity index (χ0n) is 9.85. The molecule has 0 saturated carbocycles. The van der Waals surface area contributed by atoms with Crippen LogP contribution in [-0.4, -0.2) is 43.1 Å². The first-order chi connectivity index (χ1) is 8.75. The number of fused-ring (bicyclic) bond motifs is 1. The Hall–Kier alpha value is -1.88. The molecule has 0 aliphatic carbocycles. The van der Waals surface area contributed by atoms with Gasteiger partial charge in [-0.1, -0.05) is 0 Å². The van der Waals surface area contributed by atoms with Crippen LogP contribution in [0.1, 0.15) is 26.3 Å². The fourth-order valence-electron chi connectivity index (χ4n) is 2.22. The minimum Gasteiger partial charge on any atom is -0.457 e. The summed E-state index contributed by atoms with van der Waals surface area (Å²) in [5.41, 5.74) is 1.96. The molecule has 2 heterocycles. The summed E-state index contributed by atoms with van der Waals surface area (Å²) >= 11 is 0. The minimum absolute atomic E-state index is 0.0135. The predicted molar refractivity (Wildman–Crippen MR) is 62.3 cm³/mol. The maximum Gasteiger partial charge on any atom is 0.338 e. The quantitative estimate of drug-likeness (QED) is 0.690. The van der Waals surface area contributed by atoms with Crippen molar-refractivity contribution in [3.63, 3.8) is 0 Å². The van der Waals surface area contributed by atoms with Crippen molar-refractivity contribution in [2.24, 2.45) is 0 Å². The van der Waals surface area contributed by atoms with Gasteiger partial charge in [0.15, 0.2) is 0 Å². The van der Waals surface area contributed by atoms with E-state index in [4.69, 9.17) is 9.47 Å². The van der Waals surface area contributed by atoms with Gasteiger partial charge in [0.25, 0.3) is 5.91 Å². The van der Waals surface area contributed by atoms with Crippen molar-refractivity contribution in [3.05, 3.63) is 34.9 Å². The van der Waals surface area contributed by atoms with Crippen molar-refractivity contribution in [1.29, 1.82) is 0 Å². The van der Waals surface area contributed by atoms with E-state index in [1.54, 1.807) is 23.1 Å². The summed E-state index contributed by atoms with van der Waals surface area (Å²) in [6.45, 7) is 2.66. The number of esters is 1. The highest BCUT2D eigenvalue weighted by molar-refractivity contribution is 5.98. The Bertz CT molecular complexity index is 506. The average molecular weight is 247 g/mol. The molecule has 0 N–H and O–H groups in total. The van der Waals surface area contributed by atoms with Crippen LogP contribution in [0.15, 0.2) is 18.2 Å². The number of amides is 1. The minimum atomic E-state index is -0.310. The first-order valence-electron chi connectivity index (χ1n) is 5.93. The Labute approximate surface area is 104 Å². The Kier molecular flexibility index (Phi) is 2.76. The molecule has 1 aromatic rings. The lowest BCUT2D eigenvalue weighted by molar-refractivity contribution is 0.0303. The molecule has 94 valence electrons. The molecular weight excluding hydrogens is 234 g/mol. The third-order valence-corrected chi connectivity index (χ3v) is 3.23. The number of hydrogen-bond donors (Lipinski definition) is 0. The molecule has 1 amide bonds. The summed E-state index contributed by atoms with van der Waals surface area (Å²) in [4.78, 5) is 25.3. The highest BCUT2D eigenvalue weighted by atomic mass is 16.5. The van der Waals surface area contributed by atoms with Crippen molar-refractivity contribution in [2.45, 2.75) is 6.61 Å². The summed E-state index contributed by atoms with van der Waals surface area (Å²) in [6, 6.07) is 5.10. The van der Waals surface area contributed by atoms with E-state index >= 15 is 0 Å². The lowest BCUT2D eigenvalue weighted by Gasteiger charge is -2.26. The maximum atomic E-state index is 12.2. The van der Waals surface area contributed by atoms with Gasteiger partial charge in [-0.05, 0) is 18.2 Å². The molecule has 1 saturated heterocycles. The van der Waals surface area contributed by atoms with Crippen LogP contribution in [0, 0.1) is 0 Å². The molecule has 1 fully saturated rings. The van der Waals surface area contributed by atoms with E-state index in [1.807, 2.05) is 0 Å². The van der Waals surface area contributed by atoms with Crippen LogP contribution in [0.4, 0.5) is 0 Å². The monoisotopic (exact) mass is 247 g/mol. The van der Waals surface area contributed by atoms with Gasteiger partial charge in [-0.3, -0.25) is 4.79 Å². The molecule has 0 atom stereocenters. The van der Waals surface area contributed by atoms with Crippen molar-refractivity contribution in [3.8, 4) is 0 Å². The second-order valence-corrected chi connectivity index (χ2v) is 4.35. The molecule has 0 bridgehead atoms. The molecule has 0 unspecified atom stereocenters. The largest absolute Gasteiger partial charge is 0.457 e. The summed E-state index contributed by atoms with van der Waals surface area (Å²) in [6.07, 6.45) is 0. The number of ether oxygens (including phenoxy) is 2. The van der Waals surface area contributed by atoms with E-state index in [9.17, 15) is 9.59 Å². The molecule has 18 heavy (non-hydrogen) atoms. The summed E-state index contributed by atoms with van der Waals surface area (Å²) in [5, 5.41) is 0. The lowest BCUT2D eigenvalue weighted by Crippen LogP contribution is -2.40. The molecular formula is C13H13NO4. The van der Waals surface area contributed by atoms with Crippen LogP contribution in [0.5, 0.6) is 0 Å². The molecule has 5 heteroatoms. The van der Waals surface area contributed by atoms with Gasteiger partial charge in [-0.15, -0.1) is 0 Å². The van der Waals surface area contributed by atoms with E-state index in [0.29, 0.717) is 37.4 Å². The van der Waals surface area contributed by atoms with Crippen molar-refractivity contribution in [1.82, 2.24) is 4.90 Å². The topological polar surface area (TPSA) is 55.8 Å². The fourth-order valence-corrected chi connectivity index (χ4v) is 2.22.